The lowest BCUT2D eigenvalue weighted by Gasteiger charge is -2.03. The number of nitrogens with zero attached hydrogens (tertiary/aromatic N) is 1. The zero-order valence-corrected chi connectivity index (χ0v) is 8.67. The standard InChI is InChI=1S/C11H9FN2S/c12-8-5-6-11(14-7-8)15-10-4-2-1-3-9(10)13/h1-7H,13H2. The fraction of sp³-hybridized carbons (Fsp3) is 0. The highest BCUT2D eigenvalue weighted by Crippen LogP contribution is 2.30. The molecule has 0 fully saturated rings. The lowest BCUT2D eigenvalue weighted by Crippen LogP contribution is -1.88. The van der Waals surface area contributed by atoms with Gasteiger partial charge < -0.3 is 5.73 Å². The van der Waals surface area contributed by atoms with Crippen molar-refractivity contribution in [3.05, 3.63) is 48.4 Å². The molecule has 0 bridgehead atoms. The molecule has 2 nitrogen and oxygen atoms in total. The van der Waals surface area contributed by atoms with Crippen molar-refractivity contribution in [2.45, 2.75) is 9.92 Å². The molecule has 76 valence electrons. The zero-order chi connectivity index (χ0) is 10.7. The number of halogens is 1. The molecule has 1 aromatic heterocycles. The number of hydrogen-bond donors (Lipinski definition) is 1. The summed E-state index contributed by atoms with van der Waals surface area (Å²) in [5.74, 6) is -0.333. The molecular formula is C11H9FN2S. The van der Waals surface area contributed by atoms with E-state index in [1.54, 1.807) is 6.07 Å². The van der Waals surface area contributed by atoms with Crippen LogP contribution in [0.3, 0.4) is 0 Å². The molecule has 0 saturated carbocycles. The average molecular weight is 220 g/mol. The normalized spacial score (nSPS) is 10.2. The number of nitrogens with two attached hydrogens (primary N) is 1. The highest BCUT2D eigenvalue weighted by atomic mass is 32.2. The monoisotopic (exact) mass is 220 g/mol. The van der Waals surface area contributed by atoms with Crippen LogP contribution in [0.15, 0.2) is 52.5 Å². The number of benzene rings is 1. The number of hydrogen-bond acceptors (Lipinski definition) is 3. The summed E-state index contributed by atoms with van der Waals surface area (Å²) >= 11 is 1.42. The second-order valence-electron chi connectivity index (χ2n) is 2.95. The Kier molecular flexibility index (Phi) is 2.87. The minimum atomic E-state index is -0.333. The summed E-state index contributed by atoms with van der Waals surface area (Å²) in [5.41, 5.74) is 6.48. The largest absolute Gasteiger partial charge is 0.398 e. The summed E-state index contributed by atoms with van der Waals surface area (Å²) in [6, 6.07) is 10.5. The van der Waals surface area contributed by atoms with E-state index in [4.69, 9.17) is 5.73 Å². The summed E-state index contributed by atoms with van der Waals surface area (Å²) in [4.78, 5) is 4.87. The maximum absolute atomic E-state index is 12.6. The highest BCUT2D eigenvalue weighted by Gasteiger charge is 2.01. The first-order valence-electron chi connectivity index (χ1n) is 4.39. The molecule has 0 unspecified atom stereocenters. The molecule has 15 heavy (non-hydrogen) atoms. The van der Waals surface area contributed by atoms with E-state index in [9.17, 15) is 4.39 Å². The SMILES string of the molecule is Nc1ccccc1Sc1ccc(F)cn1. The van der Waals surface area contributed by atoms with Gasteiger partial charge in [-0.05, 0) is 24.3 Å². The van der Waals surface area contributed by atoms with Gasteiger partial charge in [0.2, 0.25) is 0 Å². The second kappa shape index (κ2) is 4.31. The van der Waals surface area contributed by atoms with Crippen molar-refractivity contribution in [2.24, 2.45) is 0 Å². The van der Waals surface area contributed by atoms with E-state index in [2.05, 4.69) is 4.98 Å². The molecule has 2 rings (SSSR count). The van der Waals surface area contributed by atoms with E-state index in [-0.39, 0.29) is 5.82 Å². The topological polar surface area (TPSA) is 38.9 Å². The summed E-state index contributed by atoms with van der Waals surface area (Å²) in [6.45, 7) is 0. The molecule has 0 radical (unpaired) electrons. The molecule has 2 N–H and O–H groups in total. The van der Waals surface area contributed by atoms with Gasteiger partial charge in [-0.3, -0.25) is 0 Å². The summed E-state index contributed by atoms with van der Waals surface area (Å²) in [7, 11) is 0. The van der Waals surface area contributed by atoms with Gasteiger partial charge in [0, 0.05) is 10.6 Å². The molecule has 0 spiro atoms. The number of anilines is 1. The van der Waals surface area contributed by atoms with Gasteiger partial charge in [0.05, 0.1) is 6.20 Å². The number of nitrogen functional groups attached to an aromatic ring is 1. The fourth-order valence-electron chi connectivity index (χ4n) is 1.11. The average Bonchev–Trinajstić information content (AvgIpc) is 2.25. The predicted molar refractivity (Wildman–Crippen MR) is 59.2 cm³/mol. The van der Waals surface area contributed by atoms with E-state index in [1.807, 2.05) is 24.3 Å². The van der Waals surface area contributed by atoms with E-state index in [1.165, 1.54) is 24.0 Å². The first-order valence-corrected chi connectivity index (χ1v) is 5.21. The van der Waals surface area contributed by atoms with Crippen molar-refractivity contribution < 1.29 is 4.39 Å². The predicted octanol–water partition coefficient (Wildman–Crippen LogP) is 2.95. The smallest absolute Gasteiger partial charge is 0.141 e. The Morgan fingerprint density at radius 3 is 2.60 bits per heavy atom. The van der Waals surface area contributed by atoms with Crippen LogP contribution in [-0.2, 0) is 0 Å². The Morgan fingerprint density at radius 2 is 1.93 bits per heavy atom. The Hall–Kier alpha value is -1.55. The Morgan fingerprint density at radius 1 is 1.13 bits per heavy atom. The Balaban J connectivity index is 2.22. The third-order valence-corrected chi connectivity index (χ3v) is 2.88. The van der Waals surface area contributed by atoms with Gasteiger partial charge >= 0.3 is 0 Å². The maximum atomic E-state index is 12.6. The molecule has 0 aliphatic carbocycles. The first-order chi connectivity index (χ1) is 7.25. The number of rotatable bonds is 2. The van der Waals surface area contributed by atoms with Crippen molar-refractivity contribution >= 4 is 17.4 Å². The van der Waals surface area contributed by atoms with Crippen molar-refractivity contribution in [1.82, 2.24) is 4.98 Å². The van der Waals surface area contributed by atoms with Gasteiger partial charge in [-0.15, -0.1) is 0 Å². The molecule has 0 aliphatic rings. The molecule has 1 aromatic carbocycles. The molecule has 0 saturated heterocycles. The first kappa shape index (κ1) is 9.98. The van der Waals surface area contributed by atoms with Gasteiger partial charge in [0.1, 0.15) is 10.8 Å². The van der Waals surface area contributed by atoms with Crippen molar-refractivity contribution in [1.29, 1.82) is 0 Å². The van der Waals surface area contributed by atoms with Gasteiger partial charge in [-0.2, -0.15) is 0 Å². The van der Waals surface area contributed by atoms with Crippen LogP contribution in [0.1, 0.15) is 0 Å². The van der Waals surface area contributed by atoms with E-state index in [0.717, 1.165) is 9.92 Å². The molecule has 4 heteroatoms. The van der Waals surface area contributed by atoms with E-state index < -0.39 is 0 Å². The van der Waals surface area contributed by atoms with Crippen molar-refractivity contribution in [3.63, 3.8) is 0 Å². The minimum absolute atomic E-state index is 0.333. The summed E-state index contributed by atoms with van der Waals surface area (Å²) in [5, 5.41) is 0.731. The third kappa shape index (κ3) is 2.47. The molecule has 0 atom stereocenters. The number of aromatic nitrogens is 1. The fourth-order valence-corrected chi connectivity index (χ4v) is 1.91. The molecular weight excluding hydrogens is 211 g/mol. The van der Waals surface area contributed by atoms with E-state index in [0.29, 0.717) is 5.69 Å². The van der Waals surface area contributed by atoms with Crippen LogP contribution in [-0.4, -0.2) is 4.98 Å². The van der Waals surface area contributed by atoms with Crippen LogP contribution < -0.4 is 5.73 Å². The Bertz CT molecular complexity index is 456. The van der Waals surface area contributed by atoms with E-state index >= 15 is 0 Å². The van der Waals surface area contributed by atoms with Crippen LogP contribution in [0, 0.1) is 5.82 Å². The van der Waals surface area contributed by atoms with Crippen LogP contribution in [0.25, 0.3) is 0 Å². The minimum Gasteiger partial charge on any atom is -0.398 e. The van der Waals surface area contributed by atoms with Crippen LogP contribution in [0.2, 0.25) is 0 Å². The van der Waals surface area contributed by atoms with Gasteiger partial charge in [0.15, 0.2) is 0 Å². The van der Waals surface area contributed by atoms with Gasteiger partial charge in [-0.25, -0.2) is 9.37 Å². The molecule has 0 aliphatic heterocycles. The lowest BCUT2D eigenvalue weighted by molar-refractivity contribution is 0.618. The van der Waals surface area contributed by atoms with Gasteiger partial charge in [-0.1, -0.05) is 23.9 Å². The summed E-state index contributed by atoms with van der Waals surface area (Å²) in [6.07, 6.45) is 1.20. The van der Waals surface area contributed by atoms with Gasteiger partial charge in [0.25, 0.3) is 0 Å². The zero-order valence-electron chi connectivity index (χ0n) is 7.85. The van der Waals surface area contributed by atoms with Crippen LogP contribution >= 0.6 is 11.8 Å². The Labute approximate surface area is 91.3 Å². The molecule has 2 aromatic rings. The second-order valence-corrected chi connectivity index (χ2v) is 4.02. The lowest BCUT2D eigenvalue weighted by atomic mass is 10.3. The van der Waals surface area contributed by atoms with Crippen molar-refractivity contribution in [2.75, 3.05) is 5.73 Å². The summed E-state index contributed by atoms with van der Waals surface area (Å²) < 4.78 is 12.6. The van der Waals surface area contributed by atoms with Crippen LogP contribution in [0.5, 0.6) is 0 Å². The third-order valence-electron chi connectivity index (χ3n) is 1.83. The van der Waals surface area contributed by atoms with Crippen LogP contribution in [0.4, 0.5) is 10.1 Å². The molecule has 1 heterocycles. The molecule has 0 amide bonds. The quantitative estimate of drug-likeness (QED) is 0.791. The number of para-hydroxylation sites is 1. The van der Waals surface area contributed by atoms with Crippen molar-refractivity contribution in [3.8, 4) is 0 Å². The number of pyridine rings is 1. The maximum Gasteiger partial charge on any atom is 0.141 e. The highest BCUT2D eigenvalue weighted by molar-refractivity contribution is 7.99.